The van der Waals surface area contributed by atoms with Gasteiger partial charge in [0.05, 0.1) is 25.2 Å². The maximum atomic E-state index is 5.42. The lowest BCUT2D eigenvalue weighted by atomic mass is 10.0. The highest BCUT2D eigenvalue weighted by Crippen LogP contribution is 2.27. The first-order valence-electron chi connectivity index (χ1n) is 8.49. The Morgan fingerprint density at radius 2 is 2.24 bits per heavy atom. The SMILES string of the molecule is COc1cnc(N2CCCNCC2)nc1NC1=CCC2=NN=CC2=C1. The zero-order valence-electron chi connectivity index (χ0n) is 14.2. The Morgan fingerprint density at radius 1 is 1.28 bits per heavy atom. The van der Waals surface area contributed by atoms with Crippen molar-refractivity contribution in [2.45, 2.75) is 12.8 Å². The van der Waals surface area contributed by atoms with Crippen LogP contribution in [0.1, 0.15) is 12.8 Å². The van der Waals surface area contributed by atoms with E-state index < -0.39 is 0 Å². The maximum absolute atomic E-state index is 5.42. The average Bonchev–Trinajstić information content (AvgIpc) is 2.93. The summed E-state index contributed by atoms with van der Waals surface area (Å²) in [7, 11) is 1.63. The van der Waals surface area contributed by atoms with E-state index in [4.69, 9.17) is 9.72 Å². The minimum Gasteiger partial charge on any atom is -0.491 e. The van der Waals surface area contributed by atoms with Crippen LogP contribution < -0.4 is 20.3 Å². The molecule has 130 valence electrons. The largest absolute Gasteiger partial charge is 0.491 e. The van der Waals surface area contributed by atoms with E-state index in [1.54, 1.807) is 19.5 Å². The van der Waals surface area contributed by atoms with Crippen LogP contribution in [-0.4, -0.2) is 55.2 Å². The Morgan fingerprint density at radius 3 is 3.16 bits per heavy atom. The third kappa shape index (κ3) is 3.39. The minimum atomic E-state index is 0.621. The first-order chi connectivity index (χ1) is 12.3. The van der Waals surface area contributed by atoms with Crippen LogP contribution >= 0.6 is 0 Å². The molecule has 3 heterocycles. The van der Waals surface area contributed by atoms with Crippen LogP contribution in [0.4, 0.5) is 11.8 Å². The summed E-state index contributed by atoms with van der Waals surface area (Å²) in [4.78, 5) is 11.4. The summed E-state index contributed by atoms with van der Waals surface area (Å²) in [5, 5.41) is 14.8. The average molecular weight is 339 g/mol. The highest BCUT2D eigenvalue weighted by Gasteiger charge is 2.18. The van der Waals surface area contributed by atoms with Crippen LogP contribution in [0.15, 0.2) is 39.8 Å². The van der Waals surface area contributed by atoms with E-state index in [-0.39, 0.29) is 0 Å². The molecule has 0 spiro atoms. The van der Waals surface area contributed by atoms with E-state index in [2.05, 4.69) is 36.8 Å². The number of fused-ring (bicyclic) bond motifs is 1. The lowest BCUT2D eigenvalue weighted by molar-refractivity contribution is 0.413. The monoisotopic (exact) mass is 339 g/mol. The Bertz CT molecular complexity index is 773. The van der Waals surface area contributed by atoms with Crippen LogP contribution in [0.5, 0.6) is 5.75 Å². The standard InChI is InChI=1S/C17H21N7O/c1-25-15-11-19-17(24-7-2-5-18-6-8-24)22-16(15)21-13-3-4-14-12(9-13)10-20-23-14/h3,9-11,18H,2,4-8H2,1H3,(H,19,21,22). The van der Waals surface area contributed by atoms with E-state index in [9.17, 15) is 0 Å². The molecule has 0 atom stereocenters. The molecular formula is C17H21N7O. The molecule has 2 aliphatic heterocycles. The first kappa shape index (κ1) is 15.8. The van der Waals surface area contributed by atoms with Crippen molar-refractivity contribution in [3.8, 4) is 5.75 Å². The Hall–Kier alpha value is -2.74. The van der Waals surface area contributed by atoms with Gasteiger partial charge in [0.25, 0.3) is 0 Å². The smallest absolute Gasteiger partial charge is 0.227 e. The summed E-state index contributed by atoms with van der Waals surface area (Å²) in [5.74, 6) is 2.01. The van der Waals surface area contributed by atoms with Gasteiger partial charge in [0.15, 0.2) is 11.6 Å². The number of rotatable bonds is 4. The van der Waals surface area contributed by atoms with Crippen molar-refractivity contribution in [1.29, 1.82) is 0 Å². The summed E-state index contributed by atoms with van der Waals surface area (Å²) >= 11 is 0. The number of methoxy groups -OCH3 is 1. The predicted molar refractivity (Wildman–Crippen MR) is 98.6 cm³/mol. The fraction of sp³-hybridized carbons (Fsp3) is 0.412. The molecule has 8 nitrogen and oxygen atoms in total. The molecule has 1 aromatic rings. The number of aromatic nitrogens is 2. The topological polar surface area (TPSA) is 87.0 Å². The van der Waals surface area contributed by atoms with Gasteiger partial charge in [-0.3, -0.25) is 0 Å². The van der Waals surface area contributed by atoms with Gasteiger partial charge in [-0.2, -0.15) is 15.2 Å². The normalized spacial score (nSPS) is 19.6. The molecule has 0 saturated carbocycles. The van der Waals surface area contributed by atoms with Crippen LogP contribution in [0.3, 0.4) is 0 Å². The van der Waals surface area contributed by atoms with Gasteiger partial charge in [-0.05, 0) is 19.0 Å². The summed E-state index contributed by atoms with van der Waals surface area (Å²) in [5.41, 5.74) is 3.00. The number of hydrogen-bond acceptors (Lipinski definition) is 8. The summed E-state index contributed by atoms with van der Waals surface area (Å²) < 4.78 is 5.42. The van der Waals surface area contributed by atoms with Crippen molar-refractivity contribution in [2.75, 3.05) is 43.5 Å². The highest BCUT2D eigenvalue weighted by molar-refractivity contribution is 6.20. The van der Waals surface area contributed by atoms with Crippen LogP contribution in [0, 0.1) is 0 Å². The fourth-order valence-corrected chi connectivity index (χ4v) is 3.03. The van der Waals surface area contributed by atoms with Gasteiger partial charge >= 0.3 is 0 Å². The van der Waals surface area contributed by atoms with Crippen molar-refractivity contribution in [2.24, 2.45) is 10.2 Å². The van der Waals surface area contributed by atoms with Crippen molar-refractivity contribution in [1.82, 2.24) is 15.3 Å². The van der Waals surface area contributed by atoms with Gasteiger partial charge in [-0.15, -0.1) is 0 Å². The third-order valence-electron chi connectivity index (χ3n) is 4.38. The quantitative estimate of drug-likeness (QED) is 0.861. The Balaban J connectivity index is 1.57. The van der Waals surface area contributed by atoms with Crippen molar-refractivity contribution < 1.29 is 4.74 Å². The number of nitrogens with one attached hydrogen (secondary N) is 2. The second kappa shape index (κ2) is 7.02. The van der Waals surface area contributed by atoms with E-state index in [0.29, 0.717) is 11.6 Å². The molecule has 0 bridgehead atoms. The van der Waals surface area contributed by atoms with Gasteiger partial charge in [-0.1, -0.05) is 6.08 Å². The molecule has 0 aromatic carbocycles. The zero-order valence-corrected chi connectivity index (χ0v) is 14.2. The number of ether oxygens (including phenoxy) is 1. The Labute approximate surface area is 146 Å². The molecule has 4 rings (SSSR count). The van der Waals surface area contributed by atoms with Gasteiger partial charge in [0.1, 0.15) is 0 Å². The molecule has 1 aromatic heterocycles. The number of anilines is 2. The van der Waals surface area contributed by atoms with E-state index >= 15 is 0 Å². The molecular weight excluding hydrogens is 318 g/mol. The minimum absolute atomic E-state index is 0.621. The molecule has 2 N–H and O–H groups in total. The maximum Gasteiger partial charge on any atom is 0.227 e. The molecule has 0 amide bonds. The van der Waals surface area contributed by atoms with E-state index in [0.717, 1.165) is 62.0 Å². The van der Waals surface area contributed by atoms with Crippen molar-refractivity contribution in [3.05, 3.63) is 29.6 Å². The van der Waals surface area contributed by atoms with Crippen molar-refractivity contribution in [3.63, 3.8) is 0 Å². The summed E-state index contributed by atoms with van der Waals surface area (Å²) in [6, 6.07) is 0. The lowest BCUT2D eigenvalue weighted by Crippen LogP contribution is -2.29. The zero-order chi connectivity index (χ0) is 17.1. The third-order valence-corrected chi connectivity index (χ3v) is 4.38. The highest BCUT2D eigenvalue weighted by atomic mass is 16.5. The number of nitrogens with zero attached hydrogens (tertiary/aromatic N) is 5. The molecule has 1 aliphatic carbocycles. The molecule has 8 heteroatoms. The summed E-state index contributed by atoms with van der Waals surface area (Å²) in [6.07, 6.45) is 9.44. The van der Waals surface area contributed by atoms with E-state index in [1.165, 1.54) is 0 Å². The van der Waals surface area contributed by atoms with E-state index in [1.807, 2.05) is 6.08 Å². The van der Waals surface area contributed by atoms with Crippen molar-refractivity contribution >= 4 is 23.7 Å². The molecule has 3 aliphatic rings. The summed E-state index contributed by atoms with van der Waals surface area (Å²) in [6.45, 7) is 3.82. The Kier molecular flexibility index (Phi) is 4.43. The van der Waals surface area contributed by atoms with Gasteiger partial charge in [-0.25, -0.2) is 4.98 Å². The predicted octanol–water partition coefficient (Wildman–Crippen LogP) is 1.35. The first-order valence-corrected chi connectivity index (χ1v) is 8.49. The van der Waals surface area contributed by atoms with Crippen LogP contribution in [0.2, 0.25) is 0 Å². The molecule has 1 fully saturated rings. The number of allylic oxidation sites excluding steroid dienone is 3. The van der Waals surface area contributed by atoms with Gasteiger partial charge in [0.2, 0.25) is 5.95 Å². The molecule has 1 saturated heterocycles. The molecule has 0 unspecified atom stereocenters. The second-order valence-corrected chi connectivity index (χ2v) is 6.06. The molecule has 0 radical (unpaired) electrons. The second-order valence-electron chi connectivity index (χ2n) is 6.06. The fourth-order valence-electron chi connectivity index (χ4n) is 3.03. The van der Waals surface area contributed by atoms with Crippen LogP contribution in [-0.2, 0) is 0 Å². The molecule has 25 heavy (non-hydrogen) atoms. The van der Waals surface area contributed by atoms with Gasteiger partial charge in [0, 0.05) is 37.3 Å². The van der Waals surface area contributed by atoms with Gasteiger partial charge < -0.3 is 20.3 Å². The lowest BCUT2D eigenvalue weighted by Gasteiger charge is -2.21. The van der Waals surface area contributed by atoms with Crippen LogP contribution in [0.25, 0.3) is 0 Å². The number of hydrogen-bond donors (Lipinski definition) is 2.